The molecule has 0 unspecified atom stereocenters. The van der Waals surface area contributed by atoms with Gasteiger partial charge in [0.1, 0.15) is 0 Å². The molecule has 0 radical (unpaired) electrons. The molecule has 196 valence electrons. The number of amides is 2. The zero-order chi connectivity index (χ0) is 27.0. The van der Waals surface area contributed by atoms with Crippen LogP contribution in [-0.2, 0) is 30.5 Å². The first-order valence-corrected chi connectivity index (χ1v) is 11.1. The Labute approximate surface area is 205 Å². The average molecular weight is 512 g/mol. The number of hydrogen-bond acceptors (Lipinski definition) is 6. The summed E-state index contributed by atoms with van der Waals surface area (Å²) in [6.45, 7) is 5.17. The van der Waals surface area contributed by atoms with E-state index in [2.05, 4.69) is 4.99 Å². The van der Waals surface area contributed by atoms with Crippen LogP contribution in [0.5, 0.6) is 0 Å². The summed E-state index contributed by atoms with van der Waals surface area (Å²) < 4.78 is 36.9. The van der Waals surface area contributed by atoms with E-state index in [1.165, 1.54) is 12.0 Å². The number of carbonyl (C=O) groups is 4. The number of likely N-dealkylation sites (N-methyl/N-ethyl adjacent to an activating group) is 1. The van der Waals surface area contributed by atoms with Crippen LogP contribution in [0, 0.1) is 11.8 Å². The Balaban J connectivity index is 0.000000454. The van der Waals surface area contributed by atoms with Crippen LogP contribution in [0.15, 0.2) is 35.3 Å². The molecule has 0 saturated carbocycles. The summed E-state index contributed by atoms with van der Waals surface area (Å²) in [5.41, 5.74) is -0.399. The van der Waals surface area contributed by atoms with Crippen LogP contribution in [-0.4, -0.2) is 94.5 Å². The van der Waals surface area contributed by atoms with Crippen LogP contribution in [0.25, 0.3) is 0 Å². The number of carbonyl (C=O) groups excluding carboxylic acids is 3. The molecule has 1 N–H and O–H groups in total. The highest BCUT2D eigenvalue weighted by atomic mass is 19.4. The number of aliphatic imine (C=N–C) groups is 1. The number of methoxy groups -OCH3 is 1. The fraction of sp³-hybridized carbons (Fsp3) is 0.522. The van der Waals surface area contributed by atoms with Gasteiger partial charge in [0.25, 0.3) is 0 Å². The van der Waals surface area contributed by atoms with Crippen LogP contribution >= 0.6 is 0 Å². The number of guanidine groups is 1. The highest BCUT2D eigenvalue weighted by molar-refractivity contribution is 6.11. The van der Waals surface area contributed by atoms with Crippen LogP contribution in [0.3, 0.4) is 0 Å². The lowest BCUT2D eigenvalue weighted by Crippen LogP contribution is -2.58. The van der Waals surface area contributed by atoms with Gasteiger partial charge in [0.15, 0.2) is 11.5 Å². The summed E-state index contributed by atoms with van der Waals surface area (Å²) in [5, 5.41) is 7.12. The Morgan fingerprint density at radius 2 is 1.78 bits per heavy atom. The van der Waals surface area contributed by atoms with Crippen molar-refractivity contribution in [3.8, 4) is 0 Å². The molecule has 0 bridgehead atoms. The predicted octanol–water partition coefficient (Wildman–Crippen LogP) is 1.36. The van der Waals surface area contributed by atoms with E-state index in [0.29, 0.717) is 19.0 Å². The largest absolute Gasteiger partial charge is 0.490 e. The second kappa shape index (κ2) is 9.78. The van der Waals surface area contributed by atoms with Gasteiger partial charge in [-0.3, -0.25) is 19.5 Å². The normalized spacial score (nSPS) is 28.1. The number of carboxylic acids is 1. The molecule has 2 amide bonds. The topological polar surface area (TPSA) is 120 Å². The minimum Gasteiger partial charge on any atom is -0.475 e. The number of carboxylic acid groups (broad SMARTS) is 1. The molecule has 10 nitrogen and oxygen atoms in total. The molecule has 0 aliphatic carbocycles. The van der Waals surface area contributed by atoms with Crippen molar-refractivity contribution in [2.24, 2.45) is 16.8 Å². The molecular weight excluding hydrogens is 485 g/mol. The van der Waals surface area contributed by atoms with E-state index >= 15 is 0 Å². The third kappa shape index (κ3) is 4.26. The second-order valence-corrected chi connectivity index (χ2v) is 8.69. The van der Waals surface area contributed by atoms with Crippen molar-refractivity contribution in [3.05, 3.63) is 35.9 Å². The summed E-state index contributed by atoms with van der Waals surface area (Å²) in [7, 11) is 2.98. The predicted molar refractivity (Wildman–Crippen MR) is 119 cm³/mol. The standard InChI is InChI=1S/C21H26N4O4.C2HF3O2/c1-5-23-12-14-15-16(21(2,19(28)29-4)25(14)20(23)22-3)18(27)24(17(15)26)11-13-9-7-6-8-10-13;3-2(4,5)1(6)7/h6-10,14-16H,5,11-12H2,1-4H3;(H,6,7)/t14-,15+,16-,21-;/m1./s1. The maximum Gasteiger partial charge on any atom is 0.490 e. The van der Waals surface area contributed by atoms with Crippen molar-refractivity contribution in [1.82, 2.24) is 14.7 Å². The van der Waals surface area contributed by atoms with Crippen molar-refractivity contribution >= 4 is 29.7 Å². The van der Waals surface area contributed by atoms with Crippen LogP contribution in [0.1, 0.15) is 19.4 Å². The first kappa shape index (κ1) is 27.0. The summed E-state index contributed by atoms with van der Waals surface area (Å²) in [6.07, 6.45) is -5.08. The second-order valence-electron chi connectivity index (χ2n) is 8.69. The number of ether oxygens (including phenoxy) is 1. The maximum absolute atomic E-state index is 13.4. The summed E-state index contributed by atoms with van der Waals surface area (Å²) >= 11 is 0. The maximum atomic E-state index is 13.4. The number of fused-ring (bicyclic) bond motifs is 3. The van der Waals surface area contributed by atoms with Crippen LogP contribution in [0.4, 0.5) is 13.2 Å². The van der Waals surface area contributed by atoms with Crippen LogP contribution < -0.4 is 0 Å². The smallest absolute Gasteiger partial charge is 0.475 e. The molecular formula is C23H27F3N4O6. The monoisotopic (exact) mass is 512 g/mol. The van der Waals surface area contributed by atoms with Crippen molar-refractivity contribution in [2.45, 2.75) is 38.1 Å². The zero-order valence-corrected chi connectivity index (χ0v) is 20.2. The van der Waals surface area contributed by atoms with E-state index in [1.54, 1.807) is 14.0 Å². The third-order valence-corrected chi connectivity index (χ3v) is 6.81. The van der Waals surface area contributed by atoms with Crippen LogP contribution in [0.2, 0.25) is 0 Å². The van der Waals surface area contributed by atoms with E-state index in [0.717, 1.165) is 5.56 Å². The number of nitrogens with zero attached hydrogens (tertiary/aromatic N) is 4. The molecule has 0 aromatic heterocycles. The zero-order valence-electron chi connectivity index (χ0n) is 20.2. The molecule has 13 heteroatoms. The fourth-order valence-corrected chi connectivity index (χ4v) is 5.27. The molecule has 4 rings (SSSR count). The molecule has 3 saturated heterocycles. The SMILES string of the molecule is CCN1C[C@@H]2[C@@H]3C(=O)N(Cc4ccccc4)C(=O)[C@@H]3[C@](C)(C(=O)OC)N2C1=NC.O=C(O)C(F)(F)F. The molecule has 0 spiro atoms. The van der Waals surface area contributed by atoms with Gasteiger partial charge in [-0.25, -0.2) is 9.59 Å². The van der Waals surface area contributed by atoms with Crippen molar-refractivity contribution in [1.29, 1.82) is 0 Å². The quantitative estimate of drug-likeness (QED) is 0.475. The Morgan fingerprint density at radius 3 is 2.25 bits per heavy atom. The Morgan fingerprint density at radius 1 is 1.19 bits per heavy atom. The van der Waals surface area contributed by atoms with Gasteiger partial charge in [-0.15, -0.1) is 0 Å². The molecule has 1 aromatic rings. The molecule has 1 aromatic carbocycles. The number of rotatable bonds is 4. The number of alkyl halides is 3. The number of esters is 1. The third-order valence-electron chi connectivity index (χ3n) is 6.81. The van der Waals surface area contributed by atoms with Gasteiger partial charge in [0.05, 0.1) is 31.5 Å². The van der Waals surface area contributed by atoms with Gasteiger partial charge in [0.2, 0.25) is 11.8 Å². The Hall–Kier alpha value is -3.64. The highest BCUT2D eigenvalue weighted by Gasteiger charge is 2.73. The Bertz CT molecular complexity index is 1080. The number of aliphatic carboxylic acids is 1. The van der Waals surface area contributed by atoms with Gasteiger partial charge in [-0.05, 0) is 19.4 Å². The molecule has 36 heavy (non-hydrogen) atoms. The summed E-state index contributed by atoms with van der Waals surface area (Å²) in [6, 6.07) is 9.12. The molecule has 3 aliphatic heterocycles. The molecule has 3 fully saturated rings. The van der Waals surface area contributed by atoms with Crippen molar-refractivity contribution in [3.63, 3.8) is 0 Å². The lowest BCUT2D eigenvalue weighted by atomic mass is 9.81. The number of hydrogen-bond donors (Lipinski definition) is 1. The number of likely N-dealkylation sites (tertiary alicyclic amines) is 1. The first-order valence-electron chi connectivity index (χ1n) is 11.1. The number of benzene rings is 1. The lowest BCUT2D eigenvalue weighted by molar-refractivity contribution is -0.192. The van der Waals surface area contributed by atoms with E-state index in [9.17, 15) is 27.6 Å². The first-order chi connectivity index (χ1) is 16.8. The molecule has 4 atom stereocenters. The fourth-order valence-electron chi connectivity index (χ4n) is 5.27. The van der Waals surface area contributed by atoms with E-state index in [4.69, 9.17) is 14.6 Å². The van der Waals surface area contributed by atoms with E-state index < -0.39 is 35.5 Å². The van der Waals surface area contributed by atoms with Gasteiger partial charge in [0, 0.05) is 20.1 Å². The minimum atomic E-state index is -5.08. The van der Waals surface area contributed by atoms with Gasteiger partial charge in [-0.1, -0.05) is 30.3 Å². The molecule has 3 aliphatic rings. The van der Waals surface area contributed by atoms with E-state index in [-0.39, 0.29) is 24.4 Å². The number of imide groups is 1. The van der Waals surface area contributed by atoms with Crippen molar-refractivity contribution < 1.29 is 42.2 Å². The summed E-state index contributed by atoms with van der Waals surface area (Å²) in [4.78, 5) is 58.3. The van der Waals surface area contributed by atoms with Gasteiger partial charge >= 0.3 is 18.1 Å². The Kier molecular flexibility index (Phi) is 7.32. The highest BCUT2D eigenvalue weighted by Crippen LogP contribution is 2.52. The summed E-state index contributed by atoms with van der Waals surface area (Å²) in [5.74, 6) is -4.56. The number of halogens is 3. The van der Waals surface area contributed by atoms with Crippen molar-refractivity contribution in [2.75, 3.05) is 27.2 Å². The average Bonchev–Trinajstić information content (AvgIpc) is 3.42. The minimum absolute atomic E-state index is 0.210. The lowest BCUT2D eigenvalue weighted by Gasteiger charge is -2.37. The molecule has 3 heterocycles. The van der Waals surface area contributed by atoms with E-state index in [1.807, 2.05) is 47.1 Å². The van der Waals surface area contributed by atoms with Gasteiger partial charge in [-0.2, -0.15) is 13.2 Å². The van der Waals surface area contributed by atoms with Gasteiger partial charge < -0.3 is 19.6 Å².